The van der Waals surface area contributed by atoms with Crippen molar-refractivity contribution in [2.24, 2.45) is 5.92 Å². The summed E-state index contributed by atoms with van der Waals surface area (Å²) in [6, 6.07) is 17.3. The van der Waals surface area contributed by atoms with Crippen LogP contribution in [0.3, 0.4) is 0 Å². The number of hydrogen-bond acceptors (Lipinski definition) is 4. The predicted octanol–water partition coefficient (Wildman–Crippen LogP) is 10.5. The summed E-state index contributed by atoms with van der Waals surface area (Å²) in [6.45, 7) is 10.9. The second-order valence-electron chi connectivity index (χ2n) is 15.2. The number of carboxylic acids is 2. The van der Waals surface area contributed by atoms with E-state index in [4.69, 9.17) is 21.8 Å². The fourth-order valence-electron chi connectivity index (χ4n) is 7.97. The lowest BCUT2D eigenvalue weighted by atomic mass is 9.74. The van der Waals surface area contributed by atoms with Gasteiger partial charge in [0.25, 0.3) is 0 Å². The van der Waals surface area contributed by atoms with Crippen LogP contribution in [-0.4, -0.2) is 40.6 Å². The van der Waals surface area contributed by atoms with Crippen LogP contribution in [0.25, 0.3) is 0 Å². The van der Waals surface area contributed by atoms with Crippen LogP contribution in [0.2, 0.25) is 0 Å². The van der Waals surface area contributed by atoms with Gasteiger partial charge in [0.2, 0.25) is 0 Å². The summed E-state index contributed by atoms with van der Waals surface area (Å²) in [4.78, 5) is 26.8. The molecule has 1 fully saturated rings. The molecule has 1 aliphatic carbocycles. The number of para-hydroxylation sites is 2. The van der Waals surface area contributed by atoms with Crippen LogP contribution in [0.4, 0.5) is 11.4 Å². The molecule has 50 heavy (non-hydrogen) atoms. The van der Waals surface area contributed by atoms with Gasteiger partial charge < -0.3 is 20.0 Å². The van der Waals surface area contributed by atoms with Gasteiger partial charge in [0.15, 0.2) is 0 Å². The number of unbranched alkanes of at least 4 members (excludes halogenated alkanes) is 4. The third-order valence-electron chi connectivity index (χ3n) is 11.0. The Morgan fingerprint density at radius 1 is 0.800 bits per heavy atom. The summed E-state index contributed by atoms with van der Waals surface area (Å²) in [5.41, 5.74) is 8.58. The number of carboxylic acid groups (broad SMARTS) is 2. The first-order chi connectivity index (χ1) is 23.9. The van der Waals surface area contributed by atoms with Gasteiger partial charge in [-0.15, -0.1) is 11.6 Å². The van der Waals surface area contributed by atoms with Crippen LogP contribution < -0.4 is 9.80 Å². The van der Waals surface area contributed by atoms with Crippen LogP contribution in [0.15, 0.2) is 95.9 Å². The van der Waals surface area contributed by atoms with E-state index in [9.17, 15) is 9.59 Å². The molecule has 0 aromatic heterocycles. The van der Waals surface area contributed by atoms with Crippen molar-refractivity contribution < 1.29 is 19.8 Å². The molecule has 0 radical (unpaired) electrons. The summed E-state index contributed by atoms with van der Waals surface area (Å²) in [7, 11) is 0. The maximum Gasteiger partial charge on any atom is 0.303 e. The molecule has 2 atom stereocenters. The fraction of sp³-hybridized carbons (Fsp3) is 0.488. The first-order valence-electron chi connectivity index (χ1n) is 18.5. The van der Waals surface area contributed by atoms with Crippen molar-refractivity contribution in [1.29, 1.82) is 0 Å². The van der Waals surface area contributed by atoms with E-state index >= 15 is 0 Å². The Hall–Kier alpha value is -3.77. The van der Waals surface area contributed by atoms with E-state index in [1.54, 1.807) is 0 Å². The van der Waals surface area contributed by atoms with Crippen LogP contribution in [0.1, 0.15) is 109 Å². The summed E-state index contributed by atoms with van der Waals surface area (Å²) >= 11 is 7.31. The monoisotopic (exact) mass is 698 g/mol. The minimum atomic E-state index is -0.728. The Morgan fingerprint density at radius 3 is 2.06 bits per heavy atom. The van der Waals surface area contributed by atoms with Gasteiger partial charge in [0, 0.05) is 60.0 Å². The Bertz CT molecular complexity index is 1650. The van der Waals surface area contributed by atoms with Crippen LogP contribution in [-0.2, 0) is 20.4 Å². The number of anilines is 2. The largest absolute Gasteiger partial charge is 0.481 e. The quantitative estimate of drug-likeness (QED) is 0.142. The Morgan fingerprint density at radius 2 is 1.40 bits per heavy atom. The standard InChI is InChI=1S/C43H55ClN2O4/c1-42(2)33(30-45(28-13-5-7-22-39(47)48)36-20-11-9-18-34(36)42)26-24-31-16-15-17-32(41(31)44)25-27-38-43(3,4)35-19-10-12-21-37(35)46(38)29-14-6-8-23-40(49)50/h9-12,18-21,24-27,30-31,41H,5-8,13-17,22-23,28-29H2,1-4H3,(H,47,48)(H,49,50)/b26-24+,32-25+,38-27+/t31?,41-/m1/s1. The molecular weight excluding hydrogens is 644 g/mol. The Labute approximate surface area is 304 Å². The average Bonchev–Trinajstić information content (AvgIpc) is 3.29. The highest BCUT2D eigenvalue weighted by Crippen LogP contribution is 2.48. The van der Waals surface area contributed by atoms with Gasteiger partial charge in [-0.3, -0.25) is 9.59 Å². The van der Waals surface area contributed by atoms with Gasteiger partial charge in [-0.25, -0.2) is 0 Å². The Kier molecular flexibility index (Phi) is 12.4. The molecule has 2 aliphatic heterocycles. The van der Waals surface area contributed by atoms with Gasteiger partial charge >= 0.3 is 11.9 Å². The van der Waals surface area contributed by atoms with E-state index in [0.29, 0.717) is 12.8 Å². The molecule has 5 rings (SSSR count). The number of carbonyl (C=O) groups is 2. The van der Waals surface area contributed by atoms with Crippen molar-refractivity contribution in [1.82, 2.24) is 0 Å². The van der Waals surface area contributed by atoms with Gasteiger partial charge in [0.05, 0.1) is 5.38 Å². The highest BCUT2D eigenvalue weighted by Gasteiger charge is 2.39. The van der Waals surface area contributed by atoms with Gasteiger partial charge in [-0.2, -0.15) is 0 Å². The lowest BCUT2D eigenvalue weighted by molar-refractivity contribution is -0.138. The molecule has 7 heteroatoms. The SMILES string of the molecule is CC1(C)C(/C=C/C2CCC/C(=C\C=C3\N(CCCCCC(=O)O)c4ccccc4C3(C)C)[C@@H]2Cl)=CN(CCCCCC(=O)O)c2ccccc21. The number of nitrogens with zero attached hydrogens (tertiary/aromatic N) is 2. The molecule has 6 nitrogen and oxygen atoms in total. The van der Waals surface area contributed by atoms with E-state index in [1.807, 2.05) is 0 Å². The first-order valence-corrected chi connectivity index (χ1v) is 19.0. The Balaban J connectivity index is 1.33. The zero-order valence-electron chi connectivity index (χ0n) is 30.3. The van der Waals surface area contributed by atoms with Crippen molar-refractivity contribution in [3.63, 3.8) is 0 Å². The maximum absolute atomic E-state index is 11.0. The molecule has 0 saturated heterocycles. The number of halogens is 1. The second-order valence-corrected chi connectivity index (χ2v) is 15.7. The number of rotatable bonds is 15. The van der Waals surface area contributed by atoms with E-state index in [1.165, 1.54) is 39.3 Å². The lowest BCUT2D eigenvalue weighted by Crippen LogP contribution is -2.32. The predicted molar refractivity (Wildman–Crippen MR) is 206 cm³/mol. The molecule has 0 spiro atoms. The third kappa shape index (κ3) is 8.57. The molecule has 2 heterocycles. The minimum Gasteiger partial charge on any atom is -0.481 e. The molecule has 2 N–H and O–H groups in total. The van der Waals surface area contributed by atoms with Gasteiger partial charge in [0.1, 0.15) is 0 Å². The first kappa shape index (κ1) is 37.5. The number of alkyl halides is 1. The summed E-state index contributed by atoms with van der Waals surface area (Å²) in [6.07, 6.45) is 20.2. The molecular formula is C43H55ClN2O4. The molecule has 1 unspecified atom stereocenters. The molecule has 2 aromatic rings. The lowest BCUT2D eigenvalue weighted by Gasteiger charge is -2.39. The smallest absolute Gasteiger partial charge is 0.303 e. The zero-order valence-corrected chi connectivity index (χ0v) is 31.1. The van der Waals surface area contributed by atoms with Crippen molar-refractivity contribution in [2.75, 3.05) is 22.9 Å². The third-order valence-corrected chi connectivity index (χ3v) is 11.6. The highest BCUT2D eigenvalue weighted by molar-refractivity contribution is 6.22. The normalized spacial score (nSPS) is 22.5. The average molecular weight is 699 g/mol. The molecule has 2 aromatic carbocycles. The molecule has 268 valence electrons. The number of allylic oxidation sites excluding steroid dienone is 7. The summed E-state index contributed by atoms with van der Waals surface area (Å²) < 4.78 is 0. The molecule has 3 aliphatic rings. The van der Waals surface area contributed by atoms with E-state index < -0.39 is 11.9 Å². The van der Waals surface area contributed by atoms with E-state index in [-0.39, 0.29) is 35.0 Å². The van der Waals surface area contributed by atoms with Gasteiger partial charge in [-0.1, -0.05) is 101 Å². The van der Waals surface area contributed by atoms with Crippen molar-refractivity contribution in [2.45, 2.75) is 115 Å². The fourth-order valence-corrected chi connectivity index (χ4v) is 8.36. The molecule has 1 saturated carbocycles. The van der Waals surface area contributed by atoms with Gasteiger partial charge in [-0.05, 0) is 85.8 Å². The number of hydrogen-bond donors (Lipinski definition) is 2. The maximum atomic E-state index is 11.0. The molecule has 0 amide bonds. The van der Waals surface area contributed by atoms with E-state index in [0.717, 1.165) is 58.0 Å². The molecule has 0 bridgehead atoms. The number of fused-ring (bicyclic) bond motifs is 2. The second kappa shape index (κ2) is 16.5. The highest BCUT2D eigenvalue weighted by atomic mass is 35.5. The minimum absolute atomic E-state index is 0.0851. The van der Waals surface area contributed by atoms with Crippen LogP contribution in [0, 0.1) is 5.92 Å². The van der Waals surface area contributed by atoms with Crippen molar-refractivity contribution >= 4 is 34.9 Å². The number of aliphatic carboxylic acids is 2. The van der Waals surface area contributed by atoms with Crippen LogP contribution >= 0.6 is 11.6 Å². The summed E-state index contributed by atoms with van der Waals surface area (Å²) in [5, 5.41) is 18.0. The van der Waals surface area contributed by atoms with E-state index in [2.05, 4.69) is 117 Å². The van der Waals surface area contributed by atoms with Crippen molar-refractivity contribution in [3.8, 4) is 0 Å². The van der Waals surface area contributed by atoms with Crippen LogP contribution in [0.5, 0.6) is 0 Å². The zero-order chi connectivity index (χ0) is 35.9. The topological polar surface area (TPSA) is 81.1 Å². The van der Waals surface area contributed by atoms with Crippen molar-refractivity contribution in [3.05, 3.63) is 107 Å². The number of benzene rings is 2. The summed E-state index contributed by atoms with van der Waals surface area (Å²) in [5.74, 6) is -1.23.